The first-order chi connectivity index (χ1) is 18.2. The minimum atomic E-state index is -4.17. The largest absolute Gasteiger partial charge is 0.354 e. The van der Waals surface area contributed by atoms with Crippen molar-refractivity contribution >= 4 is 39.1 Å². The number of nitrogens with zero attached hydrogens (tertiary/aromatic N) is 2. The Bertz CT molecular complexity index is 1320. The van der Waals surface area contributed by atoms with Crippen molar-refractivity contribution in [2.45, 2.75) is 44.2 Å². The Kier molecular flexibility index (Phi) is 10.3. The van der Waals surface area contributed by atoms with Crippen molar-refractivity contribution < 1.29 is 22.4 Å². The topological polar surface area (TPSA) is 86.8 Å². The van der Waals surface area contributed by atoms with Crippen molar-refractivity contribution in [2.75, 3.05) is 17.4 Å². The average Bonchev–Trinajstić information content (AvgIpc) is 2.92. The molecule has 0 saturated carbocycles. The van der Waals surface area contributed by atoms with Gasteiger partial charge in [0.05, 0.1) is 10.6 Å². The van der Waals surface area contributed by atoms with Gasteiger partial charge < -0.3 is 10.2 Å². The van der Waals surface area contributed by atoms with Gasteiger partial charge in [0.1, 0.15) is 18.4 Å². The lowest BCUT2D eigenvalue weighted by Gasteiger charge is -2.33. The van der Waals surface area contributed by atoms with Crippen LogP contribution in [0.4, 0.5) is 10.1 Å². The second kappa shape index (κ2) is 13.4. The first-order valence-electron chi connectivity index (χ1n) is 12.3. The van der Waals surface area contributed by atoms with Gasteiger partial charge in [-0.25, -0.2) is 12.8 Å². The number of sulfonamides is 1. The maximum absolute atomic E-state index is 13.9. The molecule has 10 heteroatoms. The SMILES string of the molecule is CCCNC(=O)[C@@H](CC)N(Cc1ccc(F)cc1)C(=O)CN(c1ccccc1)S(=O)(=O)c1ccc(Cl)cc1. The van der Waals surface area contributed by atoms with Gasteiger partial charge in [0, 0.05) is 18.1 Å². The van der Waals surface area contributed by atoms with Crippen molar-refractivity contribution in [1.29, 1.82) is 0 Å². The predicted molar refractivity (Wildman–Crippen MR) is 147 cm³/mol. The summed E-state index contributed by atoms with van der Waals surface area (Å²) in [6.07, 6.45) is 1.02. The third kappa shape index (κ3) is 7.33. The molecule has 0 unspecified atom stereocenters. The van der Waals surface area contributed by atoms with Gasteiger partial charge in [-0.15, -0.1) is 0 Å². The lowest BCUT2D eigenvalue weighted by molar-refractivity contribution is -0.140. The van der Waals surface area contributed by atoms with Gasteiger partial charge >= 0.3 is 0 Å². The number of hydrogen-bond acceptors (Lipinski definition) is 4. The molecule has 1 N–H and O–H groups in total. The summed E-state index contributed by atoms with van der Waals surface area (Å²) in [5, 5.41) is 3.20. The Morgan fingerprint density at radius 1 is 0.947 bits per heavy atom. The van der Waals surface area contributed by atoms with Crippen LogP contribution in [0, 0.1) is 5.82 Å². The van der Waals surface area contributed by atoms with Gasteiger partial charge in [-0.1, -0.05) is 55.8 Å². The molecule has 0 bridgehead atoms. The Balaban J connectivity index is 2.01. The molecule has 7 nitrogen and oxygen atoms in total. The maximum atomic E-state index is 13.9. The summed E-state index contributed by atoms with van der Waals surface area (Å²) in [4.78, 5) is 28.2. The van der Waals surface area contributed by atoms with Gasteiger partial charge in [-0.05, 0) is 66.9 Å². The number of nitrogens with one attached hydrogen (secondary N) is 1. The smallest absolute Gasteiger partial charge is 0.264 e. The summed E-state index contributed by atoms with van der Waals surface area (Å²) in [6.45, 7) is 3.59. The molecule has 0 radical (unpaired) electrons. The summed E-state index contributed by atoms with van der Waals surface area (Å²) >= 11 is 5.96. The molecular formula is C28H31ClFN3O4S. The number of hydrogen-bond donors (Lipinski definition) is 1. The summed E-state index contributed by atoms with van der Waals surface area (Å²) in [5.74, 6) is -1.34. The van der Waals surface area contributed by atoms with Crippen LogP contribution in [0.5, 0.6) is 0 Å². The molecule has 3 aromatic rings. The first-order valence-corrected chi connectivity index (χ1v) is 14.1. The van der Waals surface area contributed by atoms with Crippen molar-refractivity contribution in [3.05, 3.63) is 95.3 Å². The van der Waals surface area contributed by atoms with Crippen LogP contribution in [0.15, 0.2) is 83.8 Å². The van der Waals surface area contributed by atoms with Gasteiger partial charge in [0.25, 0.3) is 10.0 Å². The van der Waals surface area contributed by atoms with Gasteiger partial charge in [-0.3, -0.25) is 13.9 Å². The molecule has 0 saturated heterocycles. The maximum Gasteiger partial charge on any atom is 0.264 e. The highest BCUT2D eigenvalue weighted by Crippen LogP contribution is 2.25. The number of para-hydroxylation sites is 1. The number of benzene rings is 3. The zero-order chi connectivity index (χ0) is 27.7. The predicted octanol–water partition coefficient (Wildman–Crippen LogP) is 5.01. The number of carbonyl (C=O) groups excluding carboxylic acids is 2. The lowest BCUT2D eigenvalue weighted by Crippen LogP contribution is -2.52. The molecule has 0 heterocycles. The summed E-state index contributed by atoms with van der Waals surface area (Å²) < 4.78 is 42.0. The Morgan fingerprint density at radius 3 is 2.16 bits per heavy atom. The van der Waals surface area contributed by atoms with E-state index in [0.29, 0.717) is 29.2 Å². The fourth-order valence-corrected chi connectivity index (χ4v) is 5.47. The average molecular weight is 560 g/mol. The van der Waals surface area contributed by atoms with Crippen LogP contribution in [0.2, 0.25) is 5.02 Å². The third-order valence-corrected chi connectivity index (χ3v) is 7.97. The minimum Gasteiger partial charge on any atom is -0.354 e. The van der Waals surface area contributed by atoms with E-state index in [-0.39, 0.29) is 17.3 Å². The van der Waals surface area contributed by atoms with E-state index in [1.54, 1.807) is 37.3 Å². The van der Waals surface area contributed by atoms with E-state index in [4.69, 9.17) is 11.6 Å². The summed E-state index contributed by atoms with van der Waals surface area (Å²) in [7, 11) is -4.17. The van der Waals surface area contributed by atoms with E-state index in [1.165, 1.54) is 53.4 Å². The van der Waals surface area contributed by atoms with E-state index in [0.717, 1.165) is 10.7 Å². The van der Waals surface area contributed by atoms with Crippen molar-refractivity contribution in [3.63, 3.8) is 0 Å². The van der Waals surface area contributed by atoms with Crippen molar-refractivity contribution in [2.24, 2.45) is 0 Å². The van der Waals surface area contributed by atoms with Crippen molar-refractivity contribution in [1.82, 2.24) is 10.2 Å². The zero-order valence-electron chi connectivity index (χ0n) is 21.3. The molecule has 0 spiro atoms. The van der Waals surface area contributed by atoms with Crippen LogP contribution >= 0.6 is 11.6 Å². The molecule has 0 fully saturated rings. The Labute approximate surface area is 228 Å². The van der Waals surface area contributed by atoms with Gasteiger partial charge in [0.15, 0.2) is 0 Å². The summed E-state index contributed by atoms with van der Waals surface area (Å²) in [5.41, 5.74) is 0.898. The van der Waals surface area contributed by atoms with Gasteiger partial charge in [0.2, 0.25) is 11.8 Å². The van der Waals surface area contributed by atoms with E-state index in [1.807, 2.05) is 6.92 Å². The molecule has 0 aliphatic rings. The van der Waals surface area contributed by atoms with E-state index >= 15 is 0 Å². The fourth-order valence-electron chi connectivity index (χ4n) is 3.93. The van der Waals surface area contributed by atoms with Crippen molar-refractivity contribution in [3.8, 4) is 0 Å². The Hall–Kier alpha value is -3.43. The van der Waals surface area contributed by atoms with E-state index in [2.05, 4.69) is 5.32 Å². The molecule has 3 rings (SSSR count). The first kappa shape index (κ1) is 29.1. The number of rotatable bonds is 12. The van der Waals surface area contributed by atoms with Gasteiger partial charge in [-0.2, -0.15) is 0 Å². The second-order valence-corrected chi connectivity index (χ2v) is 11.0. The standard InChI is InChI=1S/C28H31ClFN3O4S/c1-3-18-31-28(35)26(4-2)32(19-21-10-14-23(30)15-11-21)27(34)20-33(24-8-6-5-7-9-24)38(36,37)25-16-12-22(29)13-17-25/h5-17,26H,3-4,18-20H2,1-2H3,(H,31,35)/t26-/m1/s1. The molecule has 38 heavy (non-hydrogen) atoms. The van der Waals surface area contributed by atoms with Crippen LogP contribution in [-0.2, 0) is 26.2 Å². The zero-order valence-corrected chi connectivity index (χ0v) is 22.9. The van der Waals surface area contributed by atoms with Crippen LogP contribution in [-0.4, -0.2) is 44.3 Å². The fraction of sp³-hybridized carbons (Fsp3) is 0.286. The molecule has 0 aliphatic carbocycles. The molecule has 0 aromatic heterocycles. The molecule has 3 aromatic carbocycles. The van der Waals surface area contributed by atoms with E-state index in [9.17, 15) is 22.4 Å². The highest BCUT2D eigenvalue weighted by Gasteiger charge is 2.33. The van der Waals surface area contributed by atoms with Crippen LogP contribution in [0.3, 0.4) is 0 Å². The van der Waals surface area contributed by atoms with Crippen LogP contribution in [0.25, 0.3) is 0 Å². The molecule has 0 aliphatic heterocycles. The summed E-state index contributed by atoms with van der Waals surface area (Å²) in [6, 6.07) is 18.7. The highest BCUT2D eigenvalue weighted by molar-refractivity contribution is 7.92. The minimum absolute atomic E-state index is 0.000781. The van der Waals surface area contributed by atoms with Crippen LogP contribution < -0.4 is 9.62 Å². The number of carbonyl (C=O) groups is 2. The number of halogens is 2. The molecular weight excluding hydrogens is 529 g/mol. The molecule has 202 valence electrons. The Morgan fingerprint density at radius 2 is 1.58 bits per heavy atom. The highest BCUT2D eigenvalue weighted by atomic mass is 35.5. The molecule has 1 atom stereocenters. The number of anilines is 1. The normalized spacial score (nSPS) is 12.0. The lowest BCUT2D eigenvalue weighted by atomic mass is 10.1. The number of amides is 2. The third-order valence-electron chi connectivity index (χ3n) is 5.93. The quantitative estimate of drug-likeness (QED) is 0.338. The van der Waals surface area contributed by atoms with E-state index < -0.39 is 34.3 Å². The second-order valence-electron chi connectivity index (χ2n) is 8.66. The van der Waals surface area contributed by atoms with Crippen LogP contribution in [0.1, 0.15) is 32.3 Å². The molecule has 2 amide bonds. The monoisotopic (exact) mass is 559 g/mol.